The number of nitrogens with one attached hydrogen (secondary N) is 1. The summed E-state index contributed by atoms with van der Waals surface area (Å²) in [5, 5.41) is 5.32. The van der Waals surface area contributed by atoms with Crippen molar-refractivity contribution in [2.24, 2.45) is 0 Å². The number of halogens is 2. The molecule has 0 radical (unpaired) electrons. The van der Waals surface area contributed by atoms with Gasteiger partial charge in [-0.25, -0.2) is 4.39 Å². The van der Waals surface area contributed by atoms with Crippen LogP contribution in [0.25, 0.3) is 0 Å². The lowest BCUT2D eigenvalue weighted by molar-refractivity contribution is -0.134. The number of hydrogen-bond donors (Lipinski definition) is 1. The molecule has 1 unspecified atom stereocenters. The number of nitrogens with zero attached hydrogens (tertiary/aromatic N) is 1. The van der Waals surface area contributed by atoms with E-state index in [2.05, 4.69) is 27.3 Å². The van der Waals surface area contributed by atoms with E-state index >= 15 is 0 Å². The number of benzene rings is 1. The fourth-order valence-corrected chi connectivity index (χ4v) is 4.33. The summed E-state index contributed by atoms with van der Waals surface area (Å²) in [7, 11) is 0. The summed E-state index contributed by atoms with van der Waals surface area (Å²) in [6.45, 7) is 2.11. The molecule has 23 heavy (non-hydrogen) atoms. The Morgan fingerprint density at radius 1 is 1.43 bits per heavy atom. The Bertz CT molecular complexity index is 691. The predicted molar refractivity (Wildman–Crippen MR) is 94.1 cm³/mol. The van der Waals surface area contributed by atoms with Gasteiger partial charge in [0.15, 0.2) is 0 Å². The van der Waals surface area contributed by atoms with Crippen LogP contribution in [0.3, 0.4) is 0 Å². The standard InChI is InChI=1S/C17H18BrFN2OS/c18-13-9-15(23-11-13)4-5-17(22)21-7-6-20-10-16(21)12-2-1-3-14(19)8-12/h1-3,8-9,11,16,20H,4-7,10H2. The number of amides is 1. The molecule has 0 bridgehead atoms. The Kier molecular flexibility index (Phi) is 5.46. The fraction of sp³-hybridized carbons (Fsp3) is 0.353. The van der Waals surface area contributed by atoms with Crippen LogP contribution in [0.1, 0.15) is 22.9 Å². The predicted octanol–water partition coefficient (Wildman–Crippen LogP) is 3.76. The van der Waals surface area contributed by atoms with Gasteiger partial charge in [0.25, 0.3) is 0 Å². The van der Waals surface area contributed by atoms with Gasteiger partial charge in [0, 0.05) is 40.8 Å². The normalized spacial score (nSPS) is 18.2. The molecule has 1 aliphatic heterocycles. The highest BCUT2D eigenvalue weighted by Gasteiger charge is 2.27. The molecule has 1 aliphatic rings. The molecule has 0 spiro atoms. The smallest absolute Gasteiger partial charge is 0.223 e. The van der Waals surface area contributed by atoms with Crippen molar-refractivity contribution in [3.63, 3.8) is 0 Å². The first kappa shape index (κ1) is 16.6. The second-order valence-electron chi connectivity index (χ2n) is 5.59. The Hall–Kier alpha value is -1.24. The summed E-state index contributed by atoms with van der Waals surface area (Å²) in [6, 6.07) is 8.50. The molecule has 1 aromatic heterocycles. The van der Waals surface area contributed by atoms with Gasteiger partial charge in [0.05, 0.1) is 6.04 Å². The minimum Gasteiger partial charge on any atom is -0.333 e. The first-order chi connectivity index (χ1) is 11.1. The quantitative estimate of drug-likeness (QED) is 0.852. The minimum absolute atomic E-state index is 0.0954. The molecule has 2 heterocycles. The van der Waals surface area contributed by atoms with Gasteiger partial charge < -0.3 is 10.2 Å². The van der Waals surface area contributed by atoms with Gasteiger partial charge in [-0.15, -0.1) is 11.3 Å². The molecule has 6 heteroatoms. The molecule has 1 aromatic carbocycles. The molecule has 0 saturated carbocycles. The molecule has 1 N–H and O–H groups in total. The first-order valence-corrected chi connectivity index (χ1v) is 9.29. The van der Waals surface area contributed by atoms with Crippen LogP contribution < -0.4 is 5.32 Å². The lowest BCUT2D eigenvalue weighted by Crippen LogP contribution is -2.48. The van der Waals surface area contributed by atoms with E-state index < -0.39 is 0 Å². The van der Waals surface area contributed by atoms with Crippen molar-refractivity contribution >= 4 is 33.2 Å². The molecule has 1 atom stereocenters. The van der Waals surface area contributed by atoms with E-state index in [9.17, 15) is 9.18 Å². The maximum atomic E-state index is 13.5. The fourth-order valence-electron chi connectivity index (χ4n) is 2.87. The number of hydrogen-bond acceptors (Lipinski definition) is 3. The molecule has 3 nitrogen and oxygen atoms in total. The summed E-state index contributed by atoms with van der Waals surface area (Å²) >= 11 is 5.09. The minimum atomic E-state index is -0.260. The van der Waals surface area contributed by atoms with Gasteiger partial charge in [-0.05, 0) is 46.1 Å². The topological polar surface area (TPSA) is 32.3 Å². The number of rotatable bonds is 4. The maximum Gasteiger partial charge on any atom is 0.223 e. The summed E-state index contributed by atoms with van der Waals surface area (Å²) < 4.78 is 14.6. The van der Waals surface area contributed by atoms with Crippen LogP contribution in [0.4, 0.5) is 4.39 Å². The molecule has 1 fully saturated rings. The van der Waals surface area contributed by atoms with Crippen LogP contribution in [0.15, 0.2) is 40.2 Å². The molecule has 122 valence electrons. The molecule has 2 aromatic rings. The van der Waals surface area contributed by atoms with Gasteiger partial charge in [0.2, 0.25) is 5.91 Å². The Morgan fingerprint density at radius 3 is 3.04 bits per heavy atom. The van der Waals surface area contributed by atoms with Crippen molar-refractivity contribution in [2.45, 2.75) is 18.9 Å². The maximum absolute atomic E-state index is 13.5. The van der Waals surface area contributed by atoms with Crippen LogP contribution in [0, 0.1) is 5.82 Å². The molecule has 1 saturated heterocycles. The zero-order valence-corrected chi connectivity index (χ0v) is 15.0. The van der Waals surface area contributed by atoms with E-state index in [1.807, 2.05) is 16.3 Å². The number of aryl methyl sites for hydroxylation is 1. The summed E-state index contributed by atoms with van der Waals surface area (Å²) in [5.41, 5.74) is 0.851. The zero-order valence-electron chi connectivity index (χ0n) is 12.6. The van der Waals surface area contributed by atoms with Crippen LogP contribution in [0.5, 0.6) is 0 Å². The number of thiophene rings is 1. The third-order valence-electron chi connectivity index (χ3n) is 4.00. The van der Waals surface area contributed by atoms with Crippen LogP contribution >= 0.6 is 27.3 Å². The largest absolute Gasteiger partial charge is 0.333 e. The average molecular weight is 397 g/mol. The van der Waals surface area contributed by atoms with E-state index in [1.54, 1.807) is 17.4 Å². The van der Waals surface area contributed by atoms with Gasteiger partial charge in [-0.1, -0.05) is 12.1 Å². The summed E-state index contributed by atoms with van der Waals surface area (Å²) in [5.74, 6) is -0.130. The van der Waals surface area contributed by atoms with Crippen molar-refractivity contribution < 1.29 is 9.18 Å². The van der Waals surface area contributed by atoms with Crippen molar-refractivity contribution in [3.05, 3.63) is 56.4 Å². The van der Waals surface area contributed by atoms with Gasteiger partial charge in [0.1, 0.15) is 5.82 Å². The van der Waals surface area contributed by atoms with Crippen molar-refractivity contribution in [1.82, 2.24) is 10.2 Å². The first-order valence-electron chi connectivity index (χ1n) is 7.62. The van der Waals surface area contributed by atoms with Crippen LogP contribution in [-0.4, -0.2) is 30.4 Å². The second kappa shape index (κ2) is 7.55. The highest BCUT2D eigenvalue weighted by atomic mass is 79.9. The highest BCUT2D eigenvalue weighted by Crippen LogP contribution is 2.25. The number of piperazine rings is 1. The van der Waals surface area contributed by atoms with Crippen molar-refractivity contribution in [3.8, 4) is 0 Å². The Morgan fingerprint density at radius 2 is 2.30 bits per heavy atom. The van der Waals surface area contributed by atoms with Gasteiger partial charge >= 0.3 is 0 Å². The molecular weight excluding hydrogens is 379 g/mol. The van der Waals surface area contributed by atoms with Crippen molar-refractivity contribution in [1.29, 1.82) is 0 Å². The third-order valence-corrected chi connectivity index (χ3v) is 5.76. The lowest BCUT2D eigenvalue weighted by atomic mass is 10.0. The Labute approximate surface area is 147 Å². The zero-order chi connectivity index (χ0) is 16.2. The highest BCUT2D eigenvalue weighted by molar-refractivity contribution is 9.10. The van der Waals surface area contributed by atoms with E-state index in [4.69, 9.17) is 0 Å². The third kappa shape index (κ3) is 4.19. The number of carbonyl (C=O) groups excluding carboxylic acids is 1. The van der Waals surface area contributed by atoms with Gasteiger partial charge in [-0.2, -0.15) is 0 Å². The van der Waals surface area contributed by atoms with Crippen molar-refractivity contribution in [2.75, 3.05) is 19.6 Å². The number of carbonyl (C=O) groups is 1. The molecule has 1 amide bonds. The van der Waals surface area contributed by atoms with Crippen LogP contribution in [-0.2, 0) is 11.2 Å². The average Bonchev–Trinajstić information content (AvgIpc) is 2.98. The summed E-state index contributed by atoms with van der Waals surface area (Å²) in [4.78, 5) is 15.7. The van der Waals surface area contributed by atoms with E-state index in [-0.39, 0.29) is 17.8 Å². The molecular formula is C17H18BrFN2OS. The SMILES string of the molecule is O=C(CCc1cc(Br)cs1)N1CCNCC1c1cccc(F)c1. The van der Waals surface area contributed by atoms with E-state index in [0.29, 0.717) is 19.5 Å². The van der Waals surface area contributed by atoms with E-state index in [0.717, 1.165) is 23.0 Å². The van der Waals surface area contributed by atoms with E-state index in [1.165, 1.54) is 17.0 Å². The summed E-state index contributed by atoms with van der Waals surface area (Å²) in [6.07, 6.45) is 1.23. The van der Waals surface area contributed by atoms with Gasteiger partial charge in [-0.3, -0.25) is 4.79 Å². The monoisotopic (exact) mass is 396 g/mol. The second-order valence-corrected chi connectivity index (χ2v) is 7.50. The lowest BCUT2D eigenvalue weighted by Gasteiger charge is -2.36. The molecule has 3 rings (SSSR count). The molecule has 0 aliphatic carbocycles. The van der Waals surface area contributed by atoms with Crippen LogP contribution in [0.2, 0.25) is 0 Å². The Balaban J connectivity index is 1.69.